The number of nitrogens with one attached hydrogen (secondary N) is 1. The summed E-state index contributed by atoms with van der Waals surface area (Å²) in [6.07, 6.45) is 2.85. The quantitative estimate of drug-likeness (QED) is 0.509. The molecule has 3 rings (SSSR count). The van der Waals surface area contributed by atoms with Crippen molar-refractivity contribution in [2.75, 3.05) is 0 Å². The lowest BCUT2D eigenvalue weighted by molar-refractivity contribution is -0.121. The molecule has 0 atom stereocenters. The molecule has 0 aliphatic carbocycles. The van der Waals surface area contributed by atoms with Crippen molar-refractivity contribution in [2.45, 2.75) is 13.5 Å². The van der Waals surface area contributed by atoms with Gasteiger partial charge in [0, 0.05) is 14.1 Å². The average Bonchev–Trinajstić information content (AvgIpc) is 3.26. The minimum Gasteiger partial charge on any atom is -0.463 e. The Kier molecular flexibility index (Phi) is 4.09. The molecule has 0 unspecified atom stereocenters. The van der Waals surface area contributed by atoms with Crippen molar-refractivity contribution in [3.05, 3.63) is 51.3 Å². The molecule has 3 aromatic heterocycles. The number of fused-ring (bicyclic) bond motifs is 1. The topological polar surface area (TPSA) is 116 Å². The van der Waals surface area contributed by atoms with Crippen LogP contribution in [0.25, 0.3) is 11.2 Å². The fourth-order valence-electron chi connectivity index (χ4n) is 2.39. The SMILES string of the molecule is C/C(=N/NC(=O)Cn1cnc2c1c(=O)n(C)c(=O)n2C)c1ccco1. The van der Waals surface area contributed by atoms with E-state index in [1.165, 1.54) is 35.8 Å². The van der Waals surface area contributed by atoms with E-state index in [2.05, 4.69) is 15.5 Å². The van der Waals surface area contributed by atoms with Gasteiger partial charge < -0.3 is 8.98 Å². The Morgan fingerprint density at radius 3 is 2.76 bits per heavy atom. The molecule has 1 N–H and O–H groups in total. The zero-order chi connectivity index (χ0) is 18.1. The molecule has 0 aromatic carbocycles. The van der Waals surface area contributed by atoms with Gasteiger partial charge in [0.05, 0.1) is 12.6 Å². The number of carbonyl (C=O) groups excluding carboxylic acids is 1. The van der Waals surface area contributed by atoms with Crippen molar-refractivity contribution in [1.29, 1.82) is 0 Å². The van der Waals surface area contributed by atoms with Gasteiger partial charge in [-0.05, 0) is 19.1 Å². The van der Waals surface area contributed by atoms with E-state index in [0.29, 0.717) is 11.5 Å². The van der Waals surface area contributed by atoms with Crippen LogP contribution in [0, 0.1) is 0 Å². The largest absolute Gasteiger partial charge is 0.463 e. The van der Waals surface area contributed by atoms with Crippen LogP contribution in [0.5, 0.6) is 0 Å². The van der Waals surface area contributed by atoms with Crippen molar-refractivity contribution in [1.82, 2.24) is 24.1 Å². The highest BCUT2D eigenvalue weighted by Crippen LogP contribution is 2.05. The number of hydrogen-bond donors (Lipinski definition) is 1. The molecule has 0 radical (unpaired) electrons. The van der Waals surface area contributed by atoms with Crippen LogP contribution >= 0.6 is 0 Å². The maximum Gasteiger partial charge on any atom is 0.332 e. The number of furan rings is 1. The Morgan fingerprint density at radius 2 is 2.08 bits per heavy atom. The van der Waals surface area contributed by atoms with E-state index < -0.39 is 17.2 Å². The highest BCUT2D eigenvalue weighted by atomic mass is 16.3. The van der Waals surface area contributed by atoms with E-state index >= 15 is 0 Å². The second kappa shape index (κ2) is 6.23. The van der Waals surface area contributed by atoms with Gasteiger partial charge in [-0.3, -0.25) is 18.7 Å². The Bertz CT molecular complexity index is 1080. The molecule has 130 valence electrons. The lowest BCUT2D eigenvalue weighted by Crippen LogP contribution is -2.38. The third-order valence-electron chi connectivity index (χ3n) is 3.76. The van der Waals surface area contributed by atoms with Crippen LogP contribution in [0.3, 0.4) is 0 Å². The van der Waals surface area contributed by atoms with Gasteiger partial charge in [0.15, 0.2) is 11.2 Å². The average molecular weight is 344 g/mol. The molecular formula is C15H16N6O4. The maximum atomic E-state index is 12.3. The third-order valence-corrected chi connectivity index (χ3v) is 3.76. The van der Waals surface area contributed by atoms with Gasteiger partial charge in [0.25, 0.3) is 11.5 Å². The molecule has 0 bridgehead atoms. The molecule has 25 heavy (non-hydrogen) atoms. The fraction of sp³-hybridized carbons (Fsp3) is 0.267. The van der Waals surface area contributed by atoms with Gasteiger partial charge in [0.1, 0.15) is 18.0 Å². The number of carbonyl (C=O) groups is 1. The van der Waals surface area contributed by atoms with E-state index in [4.69, 9.17) is 4.42 Å². The maximum absolute atomic E-state index is 12.3. The number of nitrogens with zero attached hydrogens (tertiary/aromatic N) is 5. The highest BCUT2D eigenvalue weighted by Gasteiger charge is 2.15. The van der Waals surface area contributed by atoms with Crippen molar-refractivity contribution < 1.29 is 9.21 Å². The molecule has 0 saturated heterocycles. The fourth-order valence-corrected chi connectivity index (χ4v) is 2.39. The molecule has 10 heteroatoms. The number of hydrazone groups is 1. The summed E-state index contributed by atoms with van der Waals surface area (Å²) >= 11 is 0. The van der Waals surface area contributed by atoms with Crippen molar-refractivity contribution >= 4 is 22.8 Å². The van der Waals surface area contributed by atoms with Gasteiger partial charge in [-0.2, -0.15) is 5.10 Å². The van der Waals surface area contributed by atoms with Crippen LogP contribution in [-0.4, -0.2) is 30.3 Å². The summed E-state index contributed by atoms with van der Waals surface area (Å²) in [5.41, 5.74) is 2.30. The van der Waals surface area contributed by atoms with E-state index in [1.54, 1.807) is 19.1 Å². The van der Waals surface area contributed by atoms with Crippen molar-refractivity contribution in [3.63, 3.8) is 0 Å². The molecule has 0 saturated carbocycles. The summed E-state index contributed by atoms with van der Waals surface area (Å²) in [6.45, 7) is 1.52. The van der Waals surface area contributed by atoms with Crippen LogP contribution in [0.15, 0.2) is 43.8 Å². The number of imidazole rings is 1. The highest BCUT2D eigenvalue weighted by molar-refractivity contribution is 5.96. The predicted octanol–water partition coefficient (Wildman–Crippen LogP) is -0.433. The minimum atomic E-state index is -0.515. The second-order valence-corrected chi connectivity index (χ2v) is 5.46. The number of aryl methyl sites for hydroxylation is 1. The number of amides is 1. The normalized spacial score (nSPS) is 11.9. The van der Waals surface area contributed by atoms with Crippen LogP contribution in [0.1, 0.15) is 12.7 Å². The van der Waals surface area contributed by atoms with E-state index in [9.17, 15) is 14.4 Å². The van der Waals surface area contributed by atoms with E-state index in [1.807, 2.05) is 0 Å². The zero-order valence-electron chi connectivity index (χ0n) is 13.9. The molecule has 10 nitrogen and oxygen atoms in total. The van der Waals surface area contributed by atoms with Crippen LogP contribution in [0.2, 0.25) is 0 Å². The van der Waals surface area contributed by atoms with Crippen LogP contribution < -0.4 is 16.7 Å². The van der Waals surface area contributed by atoms with E-state index in [-0.39, 0.29) is 17.7 Å². The number of hydrogen-bond acceptors (Lipinski definition) is 6. The summed E-state index contributed by atoms with van der Waals surface area (Å²) < 4.78 is 8.77. The van der Waals surface area contributed by atoms with Crippen LogP contribution in [-0.2, 0) is 25.4 Å². The van der Waals surface area contributed by atoms with Crippen molar-refractivity contribution in [2.24, 2.45) is 19.2 Å². The molecule has 0 fully saturated rings. The summed E-state index contributed by atoms with van der Waals surface area (Å²) in [6, 6.07) is 3.44. The molecule has 0 spiro atoms. The first kappa shape index (κ1) is 16.4. The van der Waals surface area contributed by atoms with Gasteiger partial charge in [0.2, 0.25) is 0 Å². The molecule has 1 amide bonds. The standard InChI is InChI=1S/C15H16N6O4/c1-9(10-5-4-6-25-10)17-18-11(22)7-21-8-16-13-12(21)14(23)20(3)15(24)19(13)2/h4-6,8H,7H2,1-3H3,(H,18,22)/b17-9-. The molecule has 3 heterocycles. The van der Waals surface area contributed by atoms with Gasteiger partial charge in [-0.25, -0.2) is 15.2 Å². The Balaban J connectivity index is 1.86. The monoisotopic (exact) mass is 344 g/mol. The van der Waals surface area contributed by atoms with Gasteiger partial charge >= 0.3 is 5.69 Å². The lowest BCUT2D eigenvalue weighted by Gasteiger charge is -2.06. The Hall–Kier alpha value is -3.43. The minimum absolute atomic E-state index is 0.168. The first-order valence-electron chi connectivity index (χ1n) is 7.38. The Labute approximate surface area is 141 Å². The molecule has 3 aromatic rings. The summed E-state index contributed by atoms with van der Waals surface area (Å²) in [7, 11) is 2.89. The predicted molar refractivity (Wildman–Crippen MR) is 89.3 cm³/mol. The smallest absolute Gasteiger partial charge is 0.332 e. The first-order chi connectivity index (χ1) is 11.9. The summed E-state index contributed by atoms with van der Waals surface area (Å²) in [5.74, 6) is 0.0957. The van der Waals surface area contributed by atoms with E-state index in [0.717, 1.165) is 4.57 Å². The van der Waals surface area contributed by atoms with Gasteiger partial charge in [-0.1, -0.05) is 0 Å². The second-order valence-electron chi connectivity index (χ2n) is 5.46. The Morgan fingerprint density at radius 1 is 1.32 bits per heavy atom. The molecular weight excluding hydrogens is 328 g/mol. The summed E-state index contributed by atoms with van der Waals surface area (Å²) in [5, 5.41) is 3.95. The summed E-state index contributed by atoms with van der Waals surface area (Å²) in [4.78, 5) is 40.4. The molecule has 0 aliphatic rings. The lowest BCUT2D eigenvalue weighted by atomic mass is 10.3. The number of aromatic nitrogens is 4. The molecule has 0 aliphatic heterocycles. The first-order valence-corrected chi connectivity index (χ1v) is 7.38. The third kappa shape index (κ3) is 2.89. The zero-order valence-corrected chi connectivity index (χ0v) is 13.9. The van der Waals surface area contributed by atoms with Gasteiger partial charge in [-0.15, -0.1) is 0 Å². The van der Waals surface area contributed by atoms with Crippen molar-refractivity contribution in [3.8, 4) is 0 Å². The number of rotatable bonds is 4. The van der Waals surface area contributed by atoms with Crippen LogP contribution in [0.4, 0.5) is 0 Å².